The molecule has 1 saturated heterocycles. The van der Waals surface area contributed by atoms with Crippen molar-refractivity contribution in [1.82, 2.24) is 15.1 Å². The highest BCUT2D eigenvalue weighted by Gasteiger charge is 2.38. The molecule has 33 heavy (non-hydrogen) atoms. The molecule has 2 fully saturated rings. The Morgan fingerprint density at radius 3 is 2.52 bits per heavy atom. The number of hydrogen-bond acceptors (Lipinski definition) is 4. The number of amides is 1. The summed E-state index contributed by atoms with van der Waals surface area (Å²) < 4.78 is 5.28. The number of likely N-dealkylation sites (N-methyl/N-ethyl adjacent to an activating group) is 1. The van der Waals surface area contributed by atoms with Crippen LogP contribution in [0.4, 0.5) is 0 Å². The van der Waals surface area contributed by atoms with E-state index in [0.717, 1.165) is 30.8 Å². The van der Waals surface area contributed by atoms with Gasteiger partial charge in [0.15, 0.2) is 0 Å². The van der Waals surface area contributed by atoms with E-state index < -0.39 is 0 Å². The highest BCUT2D eigenvalue weighted by molar-refractivity contribution is 5.82. The van der Waals surface area contributed by atoms with Gasteiger partial charge in [0, 0.05) is 32.2 Å². The number of nitrogens with zero attached hydrogens (tertiary/aromatic N) is 2. The van der Waals surface area contributed by atoms with Crippen LogP contribution in [0, 0.1) is 5.92 Å². The molecule has 1 aliphatic heterocycles. The van der Waals surface area contributed by atoms with Gasteiger partial charge in [0.1, 0.15) is 5.75 Å². The predicted molar refractivity (Wildman–Crippen MR) is 133 cm³/mol. The molecule has 4 rings (SSSR count). The molecule has 0 spiro atoms. The Balaban J connectivity index is 1.45. The summed E-state index contributed by atoms with van der Waals surface area (Å²) in [5.74, 6) is 1.83. The fourth-order valence-electron chi connectivity index (χ4n) is 5.58. The molecule has 5 nitrogen and oxygen atoms in total. The summed E-state index contributed by atoms with van der Waals surface area (Å²) >= 11 is 0. The van der Waals surface area contributed by atoms with E-state index in [-0.39, 0.29) is 11.9 Å². The number of fused-ring (bicyclic) bond motifs is 1. The summed E-state index contributed by atoms with van der Waals surface area (Å²) in [6, 6.07) is 18.8. The van der Waals surface area contributed by atoms with Gasteiger partial charge in [-0.3, -0.25) is 4.79 Å². The summed E-state index contributed by atoms with van der Waals surface area (Å²) in [6.45, 7) is 3.10. The van der Waals surface area contributed by atoms with Crippen LogP contribution in [0.3, 0.4) is 0 Å². The van der Waals surface area contributed by atoms with Gasteiger partial charge < -0.3 is 19.9 Å². The smallest absolute Gasteiger partial charge is 0.241 e. The van der Waals surface area contributed by atoms with Crippen LogP contribution in [-0.2, 0) is 17.9 Å². The van der Waals surface area contributed by atoms with Crippen molar-refractivity contribution in [2.45, 2.75) is 63.7 Å². The zero-order valence-electron chi connectivity index (χ0n) is 20.2. The first-order valence-electron chi connectivity index (χ1n) is 12.5. The van der Waals surface area contributed by atoms with Gasteiger partial charge in [0.25, 0.3) is 0 Å². The summed E-state index contributed by atoms with van der Waals surface area (Å²) in [5.41, 5.74) is 2.43. The molecule has 3 atom stereocenters. The first-order chi connectivity index (χ1) is 16.1. The summed E-state index contributed by atoms with van der Waals surface area (Å²) in [7, 11) is 3.80. The zero-order valence-corrected chi connectivity index (χ0v) is 20.2. The minimum Gasteiger partial charge on any atom is -0.497 e. The molecule has 0 unspecified atom stereocenters. The van der Waals surface area contributed by atoms with E-state index in [1.165, 1.54) is 37.7 Å². The van der Waals surface area contributed by atoms with Crippen molar-refractivity contribution in [2.24, 2.45) is 5.92 Å². The molecular formula is C28H39N3O2. The molecule has 0 bridgehead atoms. The number of likely N-dealkylation sites (tertiary alicyclic amines) is 1. The van der Waals surface area contributed by atoms with Gasteiger partial charge in [-0.25, -0.2) is 0 Å². The summed E-state index contributed by atoms with van der Waals surface area (Å²) in [5, 5.41) is 3.61. The van der Waals surface area contributed by atoms with E-state index in [1.54, 1.807) is 7.11 Å². The summed E-state index contributed by atoms with van der Waals surface area (Å²) in [4.78, 5) is 18.4. The predicted octanol–water partition coefficient (Wildman–Crippen LogP) is 4.47. The van der Waals surface area contributed by atoms with Gasteiger partial charge >= 0.3 is 0 Å². The standard InChI is InChI=1S/C28H39N3O2/c1-30(20-23-9-4-3-5-10-23)21-26(29-19-22-14-16-25(33-2)17-15-22)28(32)31-18-8-12-24-11-6-7-13-27(24)31/h3-5,9-10,14-17,24,26-27,29H,6-8,11-13,18-21H2,1-2H3/t24-,26-,27+/m1/s1. The average molecular weight is 450 g/mol. The lowest BCUT2D eigenvalue weighted by Crippen LogP contribution is -2.57. The maximum atomic E-state index is 13.9. The van der Waals surface area contributed by atoms with Crippen molar-refractivity contribution < 1.29 is 9.53 Å². The van der Waals surface area contributed by atoms with Crippen LogP contribution < -0.4 is 10.1 Å². The molecule has 5 heteroatoms. The molecule has 1 heterocycles. The number of hydrogen-bond donors (Lipinski definition) is 1. The van der Waals surface area contributed by atoms with Crippen LogP contribution in [0.1, 0.15) is 49.7 Å². The Hall–Kier alpha value is -2.37. The van der Waals surface area contributed by atoms with Gasteiger partial charge in [0.05, 0.1) is 13.2 Å². The molecular weight excluding hydrogens is 410 g/mol. The first kappa shape index (κ1) is 23.8. The molecule has 2 aliphatic rings. The van der Waals surface area contributed by atoms with E-state index >= 15 is 0 Å². The van der Waals surface area contributed by atoms with Gasteiger partial charge in [-0.2, -0.15) is 0 Å². The lowest BCUT2D eigenvalue weighted by atomic mass is 9.78. The minimum absolute atomic E-state index is 0.221. The highest BCUT2D eigenvalue weighted by atomic mass is 16.5. The quantitative estimate of drug-likeness (QED) is 0.614. The third kappa shape index (κ3) is 6.36. The number of carbonyl (C=O) groups is 1. The number of piperidine rings is 1. The molecule has 2 aromatic rings. The van der Waals surface area contributed by atoms with E-state index in [9.17, 15) is 4.79 Å². The lowest BCUT2D eigenvalue weighted by Gasteiger charge is -2.45. The molecule has 1 saturated carbocycles. The second kappa shape index (κ2) is 11.7. The Morgan fingerprint density at radius 1 is 1.03 bits per heavy atom. The molecule has 0 radical (unpaired) electrons. The Labute approximate surface area is 199 Å². The number of nitrogens with one attached hydrogen (secondary N) is 1. The van der Waals surface area contributed by atoms with Crippen LogP contribution in [0.25, 0.3) is 0 Å². The van der Waals surface area contributed by atoms with E-state index in [1.807, 2.05) is 18.2 Å². The SMILES string of the molecule is COc1ccc(CN[C@H](CN(C)Cc2ccccc2)C(=O)N2CCC[C@H]3CCCC[C@@H]32)cc1. The number of methoxy groups -OCH3 is 1. The molecule has 1 amide bonds. The third-order valence-electron chi connectivity index (χ3n) is 7.33. The second-order valence-corrected chi connectivity index (χ2v) is 9.75. The Morgan fingerprint density at radius 2 is 1.76 bits per heavy atom. The molecule has 1 N–H and O–H groups in total. The van der Waals surface area contributed by atoms with E-state index in [4.69, 9.17) is 4.74 Å². The lowest BCUT2D eigenvalue weighted by molar-refractivity contribution is -0.140. The van der Waals surface area contributed by atoms with Crippen molar-refractivity contribution in [3.05, 3.63) is 65.7 Å². The first-order valence-corrected chi connectivity index (χ1v) is 12.5. The average Bonchev–Trinajstić information content (AvgIpc) is 2.86. The van der Waals surface area contributed by atoms with Crippen molar-refractivity contribution >= 4 is 5.91 Å². The van der Waals surface area contributed by atoms with Crippen LogP contribution in [0.5, 0.6) is 5.75 Å². The second-order valence-electron chi connectivity index (χ2n) is 9.75. The highest BCUT2D eigenvalue weighted by Crippen LogP contribution is 2.35. The number of benzene rings is 2. The van der Waals surface area contributed by atoms with Gasteiger partial charge in [0.2, 0.25) is 5.91 Å². The fraction of sp³-hybridized carbons (Fsp3) is 0.536. The molecule has 2 aromatic carbocycles. The fourth-order valence-corrected chi connectivity index (χ4v) is 5.58. The molecule has 0 aromatic heterocycles. The normalized spacial score (nSPS) is 21.5. The maximum Gasteiger partial charge on any atom is 0.241 e. The maximum absolute atomic E-state index is 13.9. The Kier molecular flexibility index (Phi) is 8.40. The summed E-state index contributed by atoms with van der Waals surface area (Å²) in [6.07, 6.45) is 7.45. The van der Waals surface area contributed by atoms with Gasteiger partial charge in [-0.15, -0.1) is 0 Å². The number of carbonyl (C=O) groups excluding carboxylic acids is 1. The van der Waals surface area contributed by atoms with Gasteiger partial charge in [-0.05, 0) is 61.9 Å². The molecule has 178 valence electrons. The molecule has 1 aliphatic carbocycles. The van der Waals surface area contributed by atoms with Crippen LogP contribution in [0.2, 0.25) is 0 Å². The van der Waals surface area contributed by atoms with Crippen LogP contribution in [0.15, 0.2) is 54.6 Å². The zero-order chi connectivity index (χ0) is 23.0. The van der Waals surface area contributed by atoms with E-state index in [0.29, 0.717) is 25.0 Å². The van der Waals surface area contributed by atoms with Crippen molar-refractivity contribution in [2.75, 3.05) is 27.2 Å². The monoisotopic (exact) mass is 449 g/mol. The Bertz CT molecular complexity index is 868. The topological polar surface area (TPSA) is 44.8 Å². The minimum atomic E-state index is -0.221. The third-order valence-corrected chi connectivity index (χ3v) is 7.33. The van der Waals surface area contributed by atoms with Crippen molar-refractivity contribution in [3.8, 4) is 5.75 Å². The van der Waals surface area contributed by atoms with E-state index in [2.05, 4.69) is 58.6 Å². The largest absolute Gasteiger partial charge is 0.497 e. The number of ether oxygens (including phenoxy) is 1. The van der Waals surface area contributed by atoms with Crippen LogP contribution >= 0.6 is 0 Å². The van der Waals surface area contributed by atoms with Gasteiger partial charge in [-0.1, -0.05) is 55.3 Å². The van der Waals surface area contributed by atoms with Crippen LogP contribution in [-0.4, -0.2) is 55.0 Å². The van der Waals surface area contributed by atoms with Crippen molar-refractivity contribution in [3.63, 3.8) is 0 Å². The number of rotatable bonds is 9. The van der Waals surface area contributed by atoms with Crippen molar-refractivity contribution in [1.29, 1.82) is 0 Å².